The van der Waals surface area contributed by atoms with E-state index in [2.05, 4.69) is 18.2 Å². The van der Waals surface area contributed by atoms with Crippen LogP contribution in [-0.4, -0.2) is 16.8 Å². The van der Waals surface area contributed by atoms with E-state index in [9.17, 15) is 9.90 Å². The fraction of sp³-hybridized carbons (Fsp3) is 0.143. The first-order chi connectivity index (χ1) is 16.6. The predicted molar refractivity (Wildman–Crippen MR) is 134 cm³/mol. The molecule has 1 aliphatic heterocycles. The minimum atomic E-state index is -0.215. The summed E-state index contributed by atoms with van der Waals surface area (Å²) in [6.45, 7) is 0. The molecule has 2 heterocycles. The Morgan fingerprint density at radius 3 is 2.56 bits per heavy atom. The lowest BCUT2D eigenvalue weighted by molar-refractivity contribution is 0.414. The van der Waals surface area contributed by atoms with Crippen LogP contribution >= 0.6 is 11.3 Å². The monoisotopic (exact) mass is 466 g/mol. The van der Waals surface area contributed by atoms with Crippen molar-refractivity contribution in [2.24, 2.45) is 4.99 Å². The molecule has 168 valence electrons. The Hall–Kier alpha value is -3.90. The van der Waals surface area contributed by atoms with E-state index >= 15 is 0 Å². The second-order valence-corrected chi connectivity index (χ2v) is 9.49. The zero-order valence-corrected chi connectivity index (χ0v) is 19.4. The Morgan fingerprint density at radius 1 is 1.03 bits per heavy atom. The quantitative estimate of drug-likeness (QED) is 0.496. The minimum Gasteiger partial charge on any atom is -0.508 e. The lowest BCUT2D eigenvalue weighted by Crippen LogP contribution is -2.38. The third-order valence-electron chi connectivity index (χ3n) is 6.50. The average Bonchev–Trinajstić information content (AvgIpc) is 3.18. The van der Waals surface area contributed by atoms with Crippen LogP contribution in [0.2, 0.25) is 0 Å². The van der Waals surface area contributed by atoms with Crippen molar-refractivity contribution in [1.29, 1.82) is 0 Å². The standard InChI is InChI=1S/C28H22N2O3S/c1-33-21-13-8-19(9-14-21)26-23-15-10-18-4-2-3-5-22(18)25(23)29-28-30(26)27(32)24(34-28)16-17-6-11-20(31)12-7-17/h2-9,11-14,16,26,31H,10,15H2,1H3/b24-16+/t26-/m0/s1. The summed E-state index contributed by atoms with van der Waals surface area (Å²) in [5, 5.41) is 9.60. The molecule has 0 radical (unpaired) electrons. The largest absolute Gasteiger partial charge is 0.508 e. The highest BCUT2D eigenvalue weighted by Crippen LogP contribution is 2.41. The van der Waals surface area contributed by atoms with E-state index in [1.54, 1.807) is 31.4 Å². The zero-order valence-electron chi connectivity index (χ0n) is 18.6. The van der Waals surface area contributed by atoms with E-state index in [0.29, 0.717) is 9.33 Å². The number of ether oxygens (including phenoxy) is 1. The first kappa shape index (κ1) is 20.7. The number of aromatic hydroxyl groups is 1. The number of hydrogen-bond donors (Lipinski definition) is 1. The summed E-state index contributed by atoms with van der Waals surface area (Å²) in [6.07, 6.45) is 3.65. The van der Waals surface area contributed by atoms with Crippen molar-refractivity contribution >= 4 is 23.1 Å². The smallest absolute Gasteiger partial charge is 0.271 e. The van der Waals surface area contributed by atoms with Crippen LogP contribution in [0, 0.1) is 0 Å². The highest BCUT2D eigenvalue weighted by Gasteiger charge is 2.32. The van der Waals surface area contributed by atoms with Gasteiger partial charge in [-0.2, -0.15) is 0 Å². The molecular formula is C28H22N2O3S. The maximum absolute atomic E-state index is 13.7. The summed E-state index contributed by atoms with van der Waals surface area (Å²) in [5.74, 6) is 0.983. The number of allylic oxidation sites excluding steroid dienone is 1. The van der Waals surface area contributed by atoms with Crippen LogP contribution in [0.3, 0.4) is 0 Å². The third kappa shape index (κ3) is 3.38. The molecule has 0 saturated carbocycles. The van der Waals surface area contributed by atoms with Gasteiger partial charge in [0.05, 0.1) is 23.4 Å². The Labute approximate surface area is 200 Å². The van der Waals surface area contributed by atoms with E-state index in [4.69, 9.17) is 9.73 Å². The van der Waals surface area contributed by atoms with E-state index in [-0.39, 0.29) is 17.4 Å². The van der Waals surface area contributed by atoms with Crippen LogP contribution in [-0.2, 0) is 6.42 Å². The summed E-state index contributed by atoms with van der Waals surface area (Å²) in [6, 6.07) is 23.0. The topological polar surface area (TPSA) is 63.8 Å². The minimum absolute atomic E-state index is 0.0527. The van der Waals surface area contributed by atoms with Crippen molar-refractivity contribution in [2.75, 3.05) is 7.11 Å². The number of phenolic OH excluding ortho intramolecular Hbond substituents is 1. The summed E-state index contributed by atoms with van der Waals surface area (Å²) in [4.78, 5) is 19.4. The molecule has 5 nitrogen and oxygen atoms in total. The SMILES string of the molecule is COc1ccc([C@H]2C3=C(N=c4s/c(=C/c5ccc(O)cc5)c(=O)n42)c2ccccc2CC3)cc1. The summed E-state index contributed by atoms with van der Waals surface area (Å²) in [5.41, 5.74) is 6.45. The highest BCUT2D eigenvalue weighted by atomic mass is 32.1. The molecule has 0 saturated heterocycles. The summed E-state index contributed by atoms with van der Waals surface area (Å²) in [7, 11) is 1.65. The lowest BCUT2D eigenvalue weighted by atomic mass is 9.83. The van der Waals surface area contributed by atoms with Gasteiger partial charge in [0.1, 0.15) is 11.5 Å². The molecule has 0 amide bonds. The van der Waals surface area contributed by atoms with Crippen molar-refractivity contribution in [3.05, 3.63) is 120 Å². The Bertz CT molecular complexity index is 1610. The van der Waals surface area contributed by atoms with Gasteiger partial charge in [-0.15, -0.1) is 0 Å². The van der Waals surface area contributed by atoms with E-state index in [0.717, 1.165) is 41.0 Å². The lowest BCUT2D eigenvalue weighted by Gasteiger charge is -2.30. The molecule has 34 heavy (non-hydrogen) atoms. The van der Waals surface area contributed by atoms with Gasteiger partial charge in [0.15, 0.2) is 4.80 Å². The maximum atomic E-state index is 13.7. The number of fused-ring (bicyclic) bond motifs is 3. The number of phenols is 1. The molecule has 0 fully saturated rings. The summed E-state index contributed by atoms with van der Waals surface area (Å²) < 4.78 is 7.82. The van der Waals surface area contributed by atoms with Crippen LogP contribution in [0.4, 0.5) is 0 Å². The number of nitrogens with zero attached hydrogens (tertiary/aromatic N) is 2. The Morgan fingerprint density at radius 2 is 1.79 bits per heavy atom. The van der Waals surface area contributed by atoms with Crippen molar-refractivity contribution in [3.8, 4) is 11.5 Å². The van der Waals surface area contributed by atoms with Gasteiger partial charge in [-0.25, -0.2) is 4.99 Å². The van der Waals surface area contributed by atoms with Gasteiger partial charge in [0.2, 0.25) is 0 Å². The number of aromatic nitrogens is 1. The van der Waals surface area contributed by atoms with Gasteiger partial charge in [0.25, 0.3) is 5.56 Å². The predicted octanol–water partition coefficient (Wildman–Crippen LogP) is 4.03. The summed E-state index contributed by atoms with van der Waals surface area (Å²) >= 11 is 1.40. The average molecular weight is 467 g/mol. The van der Waals surface area contributed by atoms with Gasteiger partial charge in [-0.1, -0.05) is 59.9 Å². The third-order valence-corrected chi connectivity index (χ3v) is 7.48. The molecule has 1 aliphatic carbocycles. The number of hydrogen-bond acceptors (Lipinski definition) is 5. The highest BCUT2D eigenvalue weighted by molar-refractivity contribution is 7.07. The Kier molecular flexibility index (Phi) is 4.96. The fourth-order valence-electron chi connectivity index (χ4n) is 4.83. The van der Waals surface area contributed by atoms with Crippen LogP contribution in [0.5, 0.6) is 11.5 Å². The molecular weight excluding hydrogens is 444 g/mol. The van der Waals surface area contributed by atoms with Crippen LogP contribution < -0.4 is 19.6 Å². The molecule has 6 heteroatoms. The van der Waals surface area contributed by atoms with Crippen molar-refractivity contribution in [3.63, 3.8) is 0 Å². The van der Waals surface area contributed by atoms with Crippen molar-refractivity contribution < 1.29 is 9.84 Å². The second kappa shape index (κ2) is 8.15. The van der Waals surface area contributed by atoms with Gasteiger partial charge >= 0.3 is 0 Å². The maximum Gasteiger partial charge on any atom is 0.271 e. The van der Waals surface area contributed by atoms with Crippen molar-refractivity contribution in [2.45, 2.75) is 18.9 Å². The first-order valence-corrected chi connectivity index (χ1v) is 12.0. The molecule has 0 unspecified atom stereocenters. The first-order valence-electron chi connectivity index (χ1n) is 11.2. The number of methoxy groups -OCH3 is 1. The second-order valence-electron chi connectivity index (χ2n) is 8.48. The van der Waals surface area contributed by atoms with Crippen LogP contribution in [0.1, 0.15) is 34.7 Å². The molecule has 0 spiro atoms. The van der Waals surface area contributed by atoms with Gasteiger partial charge in [0, 0.05) is 5.56 Å². The van der Waals surface area contributed by atoms with Gasteiger partial charge in [-0.3, -0.25) is 9.36 Å². The molecule has 3 aromatic carbocycles. The molecule has 0 bridgehead atoms. The van der Waals surface area contributed by atoms with E-state index in [1.807, 2.05) is 41.0 Å². The van der Waals surface area contributed by atoms with Crippen LogP contribution in [0.15, 0.2) is 88.2 Å². The molecule has 6 rings (SSSR count). The normalized spacial score (nSPS) is 17.0. The fourth-order valence-corrected chi connectivity index (χ4v) is 5.83. The molecule has 1 N–H and O–H groups in total. The van der Waals surface area contributed by atoms with Crippen LogP contribution in [0.25, 0.3) is 11.8 Å². The van der Waals surface area contributed by atoms with Gasteiger partial charge in [-0.05, 0) is 65.4 Å². The molecule has 1 atom stereocenters. The van der Waals surface area contributed by atoms with Crippen molar-refractivity contribution in [1.82, 2.24) is 4.57 Å². The zero-order chi connectivity index (χ0) is 23.2. The molecule has 1 aromatic heterocycles. The molecule has 4 aromatic rings. The number of aryl methyl sites for hydroxylation is 1. The Balaban J connectivity index is 1.60. The number of rotatable bonds is 3. The number of benzene rings is 3. The van der Waals surface area contributed by atoms with E-state index < -0.39 is 0 Å². The number of thiazole rings is 1. The van der Waals surface area contributed by atoms with E-state index in [1.165, 1.54) is 22.5 Å². The molecule has 2 aliphatic rings. The van der Waals surface area contributed by atoms with Gasteiger partial charge < -0.3 is 9.84 Å².